The molecule has 8 nitrogen and oxygen atoms in total. The third-order valence-corrected chi connectivity index (χ3v) is 6.38. The lowest BCUT2D eigenvalue weighted by Crippen LogP contribution is -2.27. The van der Waals surface area contributed by atoms with E-state index in [0.29, 0.717) is 16.4 Å². The fraction of sp³-hybridized carbons (Fsp3) is 0.208. The molecule has 4 rings (SSSR count). The summed E-state index contributed by atoms with van der Waals surface area (Å²) in [6.07, 6.45) is -1.86. The standard InChI is InChI=1S/C24H24N4O4S/c29-14-16-6-8-18(9-7-16)23(32)22(17-4-2-1-3-5-17)21(31)15-33-24-25-26-27-28(24)19-10-12-20(30)13-11-19/h1-13,21-23,29-32H,14-15H2/t21-,22-,23+/m1/s1. The Bertz CT molecular complexity index is 1150. The Morgan fingerprint density at radius 1 is 0.848 bits per heavy atom. The number of aliphatic hydroxyl groups is 3. The van der Waals surface area contributed by atoms with Gasteiger partial charge in [-0.15, -0.1) is 5.10 Å². The molecule has 9 heteroatoms. The third kappa shape index (κ3) is 5.40. The molecule has 0 bridgehead atoms. The monoisotopic (exact) mass is 464 g/mol. The highest BCUT2D eigenvalue weighted by Crippen LogP contribution is 2.36. The minimum absolute atomic E-state index is 0.0759. The molecule has 170 valence electrons. The van der Waals surface area contributed by atoms with Crippen LogP contribution in [-0.4, -0.2) is 52.5 Å². The highest BCUT2D eigenvalue weighted by atomic mass is 32.2. The predicted octanol–water partition coefficient (Wildman–Crippen LogP) is 2.83. The first-order valence-electron chi connectivity index (χ1n) is 10.4. The second kappa shape index (κ2) is 10.6. The molecule has 0 unspecified atom stereocenters. The van der Waals surface area contributed by atoms with Gasteiger partial charge in [0.1, 0.15) is 5.75 Å². The Morgan fingerprint density at radius 2 is 1.55 bits per heavy atom. The summed E-state index contributed by atoms with van der Waals surface area (Å²) >= 11 is 1.27. The summed E-state index contributed by atoms with van der Waals surface area (Å²) in [6, 6.07) is 22.9. The van der Waals surface area contributed by atoms with Crippen molar-refractivity contribution in [1.82, 2.24) is 20.2 Å². The number of aromatic hydroxyl groups is 1. The number of benzene rings is 3. The van der Waals surface area contributed by atoms with Gasteiger partial charge in [-0.05, 0) is 51.4 Å². The van der Waals surface area contributed by atoms with Gasteiger partial charge in [0.05, 0.1) is 24.5 Å². The van der Waals surface area contributed by atoms with E-state index in [-0.39, 0.29) is 18.1 Å². The van der Waals surface area contributed by atoms with Gasteiger partial charge in [0.15, 0.2) is 0 Å². The zero-order chi connectivity index (χ0) is 23.2. The summed E-state index contributed by atoms with van der Waals surface area (Å²) in [5.74, 6) is -0.205. The SMILES string of the molecule is OCc1ccc([C@H](O)[C@H](c2ccccc2)[C@H](O)CSc2nnnn2-c2ccc(O)cc2)cc1. The molecule has 0 aliphatic carbocycles. The molecule has 0 radical (unpaired) electrons. The van der Waals surface area contributed by atoms with Crippen LogP contribution in [0.4, 0.5) is 0 Å². The van der Waals surface area contributed by atoms with Crippen molar-refractivity contribution >= 4 is 11.8 Å². The molecule has 4 aromatic rings. The fourth-order valence-electron chi connectivity index (χ4n) is 3.61. The van der Waals surface area contributed by atoms with Crippen LogP contribution in [0.25, 0.3) is 5.69 Å². The highest BCUT2D eigenvalue weighted by molar-refractivity contribution is 7.99. The summed E-state index contributed by atoms with van der Waals surface area (Å²) in [4.78, 5) is 0. The van der Waals surface area contributed by atoms with Crippen molar-refractivity contribution < 1.29 is 20.4 Å². The number of hydrogen-bond acceptors (Lipinski definition) is 8. The summed E-state index contributed by atoms with van der Waals surface area (Å²) in [6.45, 7) is -0.0759. The van der Waals surface area contributed by atoms with Crippen molar-refractivity contribution in [1.29, 1.82) is 0 Å². The van der Waals surface area contributed by atoms with Gasteiger partial charge in [0.25, 0.3) is 0 Å². The maximum absolute atomic E-state index is 11.2. The molecule has 0 saturated heterocycles. The Kier molecular flexibility index (Phi) is 7.36. The number of phenolic OH excluding ortho intramolecular Hbond substituents is 1. The van der Waals surface area contributed by atoms with Crippen molar-refractivity contribution in [3.8, 4) is 11.4 Å². The fourth-order valence-corrected chi connectivity index (χ4v) is 4.49. The lowest BCUT2D eigenvalue weighted by Gasteiger charge is -2.28. The summed E-state index contributed by atoms with van der Waals surface area (Å²) in [7, 11) is 0. The molecule has 0 fully saturated rings. The Morgan fingerprint density at radius 3 is 2.21 bits per heavy atom. The summed E-state index contributed by atoms with van der Waals surface area (Å²) in [5.41, 5.74) is 2.89. The molecule has 4 N–H and O–H groups in total. The van der Waals surface area contributed by atoms with E-state index in [0.717, 1.165) is 11.1 Å². The highest BCUT2D eigenvalue weighted by Gasteiger charge is 2.30. The number of tetrazole rings is 1. The first-order chi connectivity index (χ1) is 16.1. The second-order valence-corrected chi connectivity index (χ2v) is 8.54. The third-order valence-electron chi connectivity index (χ3n) is 5.36. The van der Waals surface area contributed by atoms with Gasteiger partial charge in [-0.2, -0.15) is 4.68 Å². The van der Waals surface area contributed by atoms with Gasteiger partial charge in [-0.1, -0.05) is 66.4 Å². The van der Waals surface area contributed by atoms with Gasteiger partial charge in [-0.25, -0.2) is 0 Å². The molecule has 0 spiro atoms. The van der Waals surface area contributed by atoms with Gasteiger partial charge in [0, 0.05) is 11.7 Å². The van der Waals surface area contributed by atoms with Crippen LogP contribution in [0.2, 0.25) is 0 Å². The molecule has 3 aromatic carbocycles. The number of hydrogen-bond donors (Lipinski definition) is 4. The van der Waals surface area contributed by atoms with Crippen LogP contribution in [-0.2, 0) is 6.61 Å². The predicted molar refractivity (Wildman–Crippen MR) is 124 cm³/mol. The number of aromatic nitrogens is 4. The van der Waals surface area contributed by atoms with E-state index in [1.54, 1.807) is 48.5 Å². The van der Waals surface area contributed by atoms with Crippen molar-refractivity contribution in [3.05, 3.63) is 95.6 Å². The molecule has 0 aliphatic rings. The normalized spacial score (nSPS) is 14.0. The molecule has 0 saturated carbocycles. The Balaban J connectivity index is 1.55. The zero-order valence-electron chi connectivity index (χ0n) is 17.6. The van der Waals surface area contributed by atoms with Crippen LogP contribution in [0.15, 0.2) is 84.0 Å². The number of thioether (sulfide) groups is 1. The van der Waals surface area contributed by atoms with Gasteiger partial charge < -0.3 is 20.4 Å². The summed E-state index contributed by atoms with van der Waals surface area (Å²) in [5, 5.41) is 53.4. The quantitative estimate of drug-likeness (QED) is 0.279. The molecule has 3 atom stereocenters. The van der Waals surface area contributed by atoms with E-state index in [4.69, 9.17) is 0 Å². The van der Waals surface area contributed by atoms with E-state index in [1.165, 1.54) is 16.4 Å². The topological polar surface area (TPSA) is 125 Å². The Labute approximate surface area is 195 Å². The van der Waals surface area contributed by atoms with Crippen LogP contribution < -0.4 is 0 Å². The summed E-state index contributed by atoms with van der Waals surface area (Å²) < 4.78 is 1.53. The van der Waals surface area contributed by atoms with Crippen LogP contribution in [0.5, 0.6) is 5.75 Å². The van der Waals surface area contributed by atoms with Crippen molar-refractivity contribution in [3.63, 3.8) is 0 Å². The van der Waals surface area contributed by atoms with Crippen LogP contribution in [0.1, 0.15) is 28.7 Å². The van der Waals surface area contributed by atoms with E-state index >= 15 is 0 Å². The molecule has 0 amide bonds. The zero-order valence-corrected chi connectivity index (χ0v) is 18.5. The maximum Gasteiger partial charge on any atom is 0.214 e. The largest absolute Gasteiger partial charge is 0.508 e. The maximum atomic E-state index is 11.2. The minimum atomic E-state index is -0.955. The lowest BCUT2D eigenvalue weighted by molar-refractivity contribution is 0.0641. The smallest absolute Gasteiger partial charge is 0.214 e. The van der Waals surface area contributed by atoms with Crippen molar-refractivity contribution in [2.75, 3.05) is 5.75 Å². The molecule has 33 heavy (non-hydrogen) atoms. The second-order valence-electron chi connectivity index (χ2n) is 7.55. The molecular weight excluding hydrogens is 440 g/mol. The first-order valence-corrected chi connectivity index (χ1v) is 11.4. The minimum Gasteiger partial charge on any atom is -0.508 e. The van der Waals surface area contributed by atoms with Crippen LogP contribution in [0, 0.1) is 0 Å². The van der Waals surface area contributed by atoms with Crippen LogP contribution in [0.3, 0.4) is 0 Å². The number of rotatable bonds is 9. The number of phenols is 1. The van der Waals surface area contributed by atoms with Crippen molar-refractivity contribution in [2.24, 2.45) is 0 Å². The van der Waals surface area contributed by atoms with Gasteiger partial charge in [0.2, 0.25) is 5.16 Å². The van der Waals surface area contributed by atoms with Gasteiger partial charge >= 0.3 is 0 Å². The molecule has 1 heterocycles. The van der Waals surface area contributed by atoms with E-state index in [1.807, 2.05) is 30.3 Å². The lowest BCUT2D eigenvalue weighted by atomic mass is 9.85. The molecule has 1 aromatic heterocycles. The molecular formula is C24H24N4O4S. The van der Waals surface area contributed by atoms with Crippen LogP contribution >= 0.6 is 11.8 Å². The van der Waals surface area contributed by atoms with Crippen molar-refractivity contribution in [2.45, 2.75) is 29.9 Å². The van der Waals surface area contributed by atoms with E-state index in [9.17, 15) is 20.4 Å². The van der Waals surface area contributed by atoms with E-state index < -0.39 is 18.1 Å². The average molecular weight is 465 g/mol. The van der Waals surface area contributed by atoms with Gasteiger partial charge in [-0.3, -0.25) is 0 Å². The number of nitrogens with zero attached hydrogens (tertiary/aromatic N) is 4. The van der Waals surface area contributed by atoms with E-state index in [2.05, 4.69) is 15.5 Å². The first kappa shape index (κ1) is 22.9. The molecule has 0 aliphatic heterocycles. The number of aliphatic hydroxyl groups excluding tert-OH is 3. The average Bonchev–Trinajstić information content (AvgIpc) is 3.32. The Hall–Kier alpha value is -3.24.